The van der Waals surface area contributed by atoms with E-state index in [1.165, 1.54) is 12.8 Å². The van der Waals surface area contributed by atoms with Crippen molar-refractivity contribution in [2.45, 2.75) is 45.2 Å². The Labute approximate surface area is 159 Å². The Kier molecular flexibility index (Phi) is 8.66. The molecule has 1 aliphatic heterocycles. The van der Waals surface area contributed by atoms with Gasteiger partial charge < -0.3 is 15.5 Å². The minimum atomic E-state index is -4.18. The lowest BCUT2D eigenvalue weighted by atomic mass is 10.1. The predicted octanol–water partition coefficient (Wildman–Crippen LogP) is 1.83. The molecule has 0 unspecified atom stereocenters. The molecule has 1 aliphatic carbocycles. The first kappa shape index (κ1) is 21.8. The van der Waals surface area contributed by atoms with Crippen LogP contribution >= 0.6 is 0 Å². The van der Waals surface area contributed by atoms with E-state index in [1.54, 1.807) is 0 Å². The van der Waals surface area contributed by atoms with Crippen LogP contribution in [-0.4, -0.2) is 80.2 Å². The Morgan fingerprint density at radius 2 is 1.78 bits per heavy atom. The fraction of sp³-hybridized carbons (Fsp3) is 0.889. The number of nitrogens with zero attached hydrogens (tertiary/aromatic N) is 3. The van der Waals surface area contributed by atoms with Gasteiger partial charge in [0, 0.05) is 51.7 Å². The average molecular weight is 391 g/mol. The van der Waals surface area contributed by atoms with E-state index in [0.29, 0.717) is 25.0 Å². The molecule has 0 radical (unpaired) electrons. The summed E-state index contributed by atoms with van der Waals surface area (Å²) in [6, 6.07) is 0. The number of rotatable bonds is 7. The van der Waals surface area contributed by atoms with Crippen LogP contribution in [0.5, 0.6) is 0 Å². The molecule has 2 aliphatic rings. The van der Waals surface area contributed by atoms with Crippen LogP contribution in [0.3, 0.4) is 0 Å². The molecule has 0 aromatic heterocycles. The number of amides is 1. The van der Waals surface area contributed by atoms with Crippen LogP contribution in [0, 0.1) is 5.92 Å². The average Bonchev–Trinajstić information content (AvgIpc) is 3.15. The van der Waals surface area contributed by atoms with E-state index >= 15 is 0 Å². The van der Waals surface area contributed by atoms with Crippen molar-refractivity contribution in [1.29, 1.82) is 0 Å². The van der Waals surface area contributed by atoms with Crippen molar-refractivity contribution in [2.24, 2.45) is 10.9 Å². The molecule has 0 aromatic carbocycles. The second-order valence-corrected chi connectivity index (χ2v) is 7.20. The van der Waals surface area contributed by atoms with E-state index in [-0.39, 0.29) is 12.5 Å². The van der Waals surface area contributed by atoms with Gasteiger partial charge in [-0.1, -0.05) is 12.8 Å². The van der Waals surface area contributed by atoms with E-state index in [9.17, 15) is 18.0 Å². The second kappa shape index (κ2) is 10.7. The molecule has 156 valence electrons. The predicted molar refractivity (Wildman–Crippen MR) is 99.6 cm³/mol. The second-order valence-electron chi connectivity index (χ2n) is 7.20. The van der Waals surface area contributed by atoms with Gasteiger partial charge in [-0.05, 0) is 19.8 Å². The van der Waals surface area contributed by atoms with Gasteiger partial charge in [0.15, 0.2) is 5.96 Å². The molecule has 1 heterocycles. The van der Waals surface area contributed by atoms with Crippen LogP contribution in [0.25, 0.3) is 0 Å². The third-order valence-electron chi connectivity index (χ3n) is 5.12. The van der Waals surface area contributed by atoms with E-state index in [1.807, 2.05) is 11.8 Å². The van der Waals surface area contributed by atoms with Gasteiger partial charge in [0.25, 0.3) is 0 Å². The van der Waals surface area contributed by atoms with Gasteiger partial charge in [-0.2, -0.15) is 13.2 Å². The zero-order valence-corrected chi connectivity index (χ0v) is 16.2. The van der Waals surface area contributed by atoms with Crippen molar-refractivity contribution in [2.75, 3.05) is 52.4 Å². The molecule has 27 heavy (non-hydrogen) atoms. The van der Waals surface area contributed by atoms with Crippen LogP contribution in [-0.2, 0) is 4.79 Å². The van der Waals surface area contributed by atoms with Gasteiger partial charge in [-0.3, -0.25) is 14.7 Å². The molecule has 0 aromatic rings. The van der Waals surface area contributed by atoms with Crippen molar-refractivity contribution in [3.8, 4) is 0 Å². The van der Waals surface area contributed by atoms with Crippen molar-refractivity contribution < 1.29 is 18.0 Å². The highest BCUT2D eigenvalue weighted by Crippen LogP contribution is 2.26. The first-order valence-electron chi connectivity index (χ1n) is 9.99. The molecule has 6 nitrogen and oxygen atoms in total. The highest BCUT2D eigenvalue weighted by molar-refractivity contribution is 5.80. The number of aliphatic imine (C=N–C) groups is 1. The fourth-order valence-electron chi connectivity index (χ4n) is 3.59. The summed E-state index contributed by atoms with van der Waals surface area (Å²) in [5, 5.41) is 6.04. The van der Waals surface area contributed by atoms with Crippen molar-refractivity contribution >= 4 is 11.9 Å². The third kappa shape index (κ3) is 7.94. The standard InChI is InChI=1S/C18H32F3N5O/c1-2-22-17(23-8-7-18(19,20)21)24-9-10-25-11-13-26(14-12-25)16(27)15-5-3-4-6-15/h15H,2-14H2,1H3,(H2,22,23,24). The Morgan fingerprint density at radius 3 is 2.37 bits per heavy atom. The Bertz CT molecular complexity index is 484. The molecule has 0 atom stereocenters. The van der Waals surface area contributed by atoms with Gasteiger partial charge >= 0.3 is 6.18 Å². The molecule has 2 fully saturated rings. The first-order chi connectivity index (χ1) is 12.9. The third-order valence-corrected chi connectivity index (χ3v) is 5.12. The lowest BCUT2D eigenvalue weighted by Crippen LogP contribution is -2.51. The van der Waals surface area contributed by atoms with Crippen LogP contribution in [0.4, 0.5) is 13.2 Å². The number of carbonyl (C=O) groups is 1. The maximum absolute atomic E-state index is 12.4. The minimum Gasteiger partial charge on any atom is -0.357 e. The maximum Gasteiger partial charge on any atom is 0.390 e. The summed E-state index contributed by atoms with van der Waals surface area (Å²) in [6.45, 7) is 6.76. The normalized spacial score (nSPS) is 20.1. The number of guanidine groups is 1. The smallest absolute Gasteiger partial charge is 0.357 e. The Morgan fingerprint density at radius 1 is 1.11 bits per heavy atom. The molecule has 0 bridgehead atoms. The van der Waals surface area contributed by atoms with Gasteiger partial charge in [0.1, 0.15) is 0 Å². The quantitative estimate of drug-likeness (QED) is 0.514. The maximum atomic E-state index is 12.4. The summed E-state index contributed by atoms with van der Waals surface area (Å²) in [6.07, 6.45) is -0.702. The monoisotopic (exact) mass is 391 g/mol. The largest absolute Gasteiger partial charge is 0.390 e. The number of nitrogens with one attached hydrogen (secondary N) is 2. The van der Waals surface area contributed by atoms with Crippen LogP contribution in [0.15, 0.2) is 4.99 Å². The van der Waals surface area contributed by atoms with Crippen LogP contribution in [0.1, 0.15) is 39.0 Å². The summed E-state index contributed by atoms with van der Waals surface area (Å²) in [5.74, 6) is 0.960. The fourth-order valence-corrected chi connectivity index (χ4v) is 3.59. The van der Waals surface area contributed by atoms with Gasteiger partial charge in [0.2, 0.25) is 5.91 Å². The van der Waals surface area contributed by atoms with E-state index in [2.05, 4.69) is 20.5 Å². The van der Waals surface area contributed by atoms with Crippen molar-refractivity contribution in [3.63, 3.8) is 0 Å². The summed E-state index contributed by atoms with van der Waals surface area (Å²) >= 11 is 0. The molecule has 2 N–H and O–H groups in total. The molecule has 9 heteroatoms. The molecular formula is C18H32F3N5O. The topological polar surface area (TPSA) is 60.0 Å². The molecule has 1 amide bonds. The lowest BCUT2D eigenvalue weighted by molar-refractivity contribution is -0.137. The number of carbonyl (C=O) groups excluding carboxylic acids is 1. The summed E-state index contributed by atoms with van der Waals surface area (Å²) in [4.78, 5) is 20.7. The van der Waals surface area contributed by atoms with E-state index < -0.39 is 12.6 Å². The number of halogens is 3. The van der Waals surface area contributed by atoms with E-state index in [4.69, 9.17) is 0 Å². The Hall–Kier alpha value is -1.51. The Balaban J connectivity index is 1.65. The van der Waals surface area contributed by atoms with Gasteiger partial charge in [-0.25, -0.2) is 0 Å². The molecule has 2 rings (SSSR count). The number of hydrogen-bond donors (Lipinski definition) is 2. The van der Waals surface area contributed by atoms with Crippen LogP contribution in [0.2, 0.25) is 0 Å². The zero-order valence-electron chi connectivity index (χ0n) is 16.2. The zero-order chi connectivity index (χ0) is 19.7. The highest BCUT2D eigenvalue weighted by atomic mass is 19.4. The lowest BCUT2D eigenvalue weighted by Gasteiger charge is -2.36. The summed E-state index contributed by atoms with van der Waals surface area (Å²) < 4.78 is 36.7. The molecular weight excluding hydrogens is 359 g/mol. The van der Waals surface area contributed by atoms with Crippen LogP contribution < -0.4 is 10.6 Å². The summed E-state index contributed by atoms with van der Waals surface area (Å²) in [5.41, 5.74) is 0. The van der Waals surface area contributed by atoms with Gasteiger partial charge in [0.05, 0.1) is 13.0 Å². The number of alkyl halides is 3. The van der Waals surface area contributed by atoms with E-state index in [0.717, 1.165) is 45.6 Å². The highest BCUT2D eigenvalue weighted by Gasteiger charge is 2.29. The summed E-state index contributed by atoms with van der Waals surface area (Å²) in [7, 11) is 0. The number of hydrogen-bond acceptors (Lipinski definition) is 3. The molecule has 0 spiro atoms. The SMILES string of the molecule is CCNC(=NCCC(F)(F)F)NCCN1CCN(C(=O)C2CCCC2)CC1. The van der Waals surface area contributed by atoms with Crippen molar-refractivity contribution in [1.82, 2.24) is 20.4 Å². The first-order valence-corrected chi connectivity index (χ1v) is 9.99. The molecule has 1 saturated heterocycles. The number of piperazine rings is 1. The minimum absolute atomic E-state index is 0.230. The van der Waals surface area contributed by atoms with Gasteiger partial charge in [-0.15, -0.1) is 0 Å². The van der Waals surface area contributed by atoms with Crippen molar-refractivity contribution in [3.05, 3.63) is 0 Å². The molecule has 1 saturated carbocycles.